The van der Waals surface area contributed by atoms with Gasteiger partial charge in [0.15, 0.2) is 5.82 Å². The second kappa shape index (κ2) is 8.30. The molecule has 3 heterocycles. The molecule has 0 aliphatic carbocycles. The molecule has 2 aliphatic rings. The van der Waals surface area contributed by atoms with Crippen LogP contribution in [0.1, 0.15) is 39.8 Å². The quantitative estimate of drug-likeness (QED) is 0.290. The van der Waals surface area contributed by atoms with E-state index in [-0.39, 0.29) is 5.84 Å². The number of oxime groups is 1. The monoisotopic (exact) mass is 525 g/mol. The fraction of sp³-hybridized carbons (Fsp3) is 0.400. The van der Waals surface area contributed by atoms with Crippen molar-refractivity contribution in [3.8, 4) is 0 Å². The summed E-state index contributed by atoms with van der Waals surface area (Å²) in [5, 5.41) is 5.88. The minimum atomic E-state index is -4.84. The zero-order valence-electron chi connectivity index (χ0n) is 16.9. The van der Waals surface area contributed by atoms with Crippen LogP contribution in [0.5, 0.6) is 0 Å². The van der Waals surface area contributed by atoms with Crippen molar-refractivity contribution in [3.05, 3.63) is 54.4 Å². The third-order valence-electron chi connectivity index (χ3n) is 5.57. The van der Waals surface area contributed by atoms with Crippen LogP contribution in [0, 0.1) is 12.7 Å². The number of nitrogens with zero attached hydrogens (tertiary/aromatic N) is 2. The van der Waals surface area contributed by atoms with Crippen LogP contribution < -0.4 is 5.32 Å². The molecule has 0 bridgehead atoms. The van der Waals surface area contributed by atoms with Crippen molar-refractivity contribution in [1.82, 2.24) is 10.2 Å². The van der Waals surface area contributed by atoms with Gasteiger partial charge in [-0.15, -0.1) is 11.3 Å². The molecule has 0 radical (unpaired) electrons. The van der Waals surface area contributed by atoms with E-state index in [1.807, 2.05) is 13.8 Å². The summed E-state index contributed by atoms with van der Waals surface area (Å²) in [6.45, 7) is 5.41. The minimum absolute atomic E-state index is 0.150. The fourth-order valence-electron chi connectivity index (χ4n) is 3.85. The molecule has 12 heteroatoms. The molecule has 2 aromatic rings. The summed E-state index contributed by atoms with van der Waals surface area (Å²) in [5.74, 6) is -0.836. The lowest BCUT2D eigenvalue weighted by molar-refractivity contribution is -0.275. The van der Waals surface area contributed by atoms with Gasteiger partial charge < -0.3 is 15.1 Å². The van der Waals surface area contributed by atoms with Crippen molar-refractivity contribution >= 4 is 57.6 Å². The van der Waals surface area contributed by atoms with Crippen molar-refractivity contribution in [2.75, 3.05) is 6.54 Å². The number of hydrogen-bond acceptors (Lipinski definition) is 5. The number of benzene rings is 1. The molecule has 4 nitrogen and oxygen atoms in total. The maximum atomic E-state index is 14.2. The molecule has 0 amide bonds. The second-order valence-corrected chi connectivity index (χ2v) is 9.86. The van der Waals surface area contributed by atoms with Crippen LogP contribution in [-0.4, -0.2) is 28.4 Å². The van der Waals surface area contributed by atoms with Gasteiger partial charge in [0.05, 0.1) is 27.9 Å². The molecule has 1 aromatic heterocycles. The number of thiophene rings is 1. The number of alkyl halides is 3. The highest BCUT2D eigenvalue weighted by Gasteiger charge is 2.63. The van der Waals surface area contributed by atoms with Crippen molar-refractivity contribution < 1.29 is 22.4 Å². The molecule has 0 saturated carbocycles. The first-order chi connectivity index (χ1) is 15.0. The zero-order valence-corrected chi connectivity index (χ0v) is 20.0. The lowest BCUT2D eigenvalue weighted by atomic mass is 9.89. The summed E-state index contributed by atoms with van der Waals surface area (Å²) < 4.78 is 56.4. The van der Waals surface area contributed by atoms with Gasteiger partial charge in [0.2, 0.25) is 0 Å². The van der Waals surface area contributed by atoms with Crippen molar-refractivity contribution in [1.29, 1.82) is 0 Å². The number of nitrogens with one attached hydrogen (secondary N) is 1. The Morgan fingerprint density at radius 3 is 2.53 bits per heavy atom. The predicted molar refractivity (Wildman–Crippen MR) is 121 cm³/mol. The normalized spacial score (nSPS) is 20.2. The van der Waals surface area contributed by atoms with E-state index in [0.717, 1.165) is 33.0 Å². The molecule has 0 spiro atoms. The van der Waals surface area contributed by atoms with Crippen molar-refractivity contribution in [3.63, 3.8) is 0 Å². The number of hydrogen-bond donors (Lipinski definition) is 1. The molecule has 1 aromatic carbocycles. The Morgan fingerprint density at radius 1 is 1.31 bits per heavy atom. The molecular formula is C20H17Cl2F4N3OS2. The van der Waals surface area contributed by atoms with Crippen LogP contribution in [0.3, 0.4) is 0 Å². The molecule has 1 atom stereocenters. The van der Waals surface area contributed by atoms with E-state index in [9.17, 15) is 17.6 Å². The molecule has 0 saturated heterocycles. The van der Waals surface area contributed by atoms with Crippen LogP contribution in [0.4, 0.5) is 17.6 Å². The average molecular weight is 526 g/mol. The molecule has 2 aliphatic heterocycles. The van der Waals surface area contributed by atoms with E-state index < -0.39 is 39.6 Å². The highest BCUT2D eigenvalue weighted by Crippen LogP contribution is 2.50. The number of fused-ring (bicyclic) bond motifs is 1. The Hall–Kier alpha value is -1.62. The first-order valence-electron chi connectivity index (χ1n) is 9.59. The Morgan fingerprint density at radius 2 is 1.97 bits per heavy atom. The largest absolute Gasteiger partial charge is 0.435 e. The van der Waals surface area contributed by atoms with Crippen LogP contribution in [0.2, 0.25) is 10.0 Å². The molecule has 4 rings (SSSR count). The van der Waals surface area contributed by atoms with Gasteiger partial charge in [-0.2, -0.15) is 13.2 Å². The summed E-state index contributed by atoms with van der Waals surface area (Å²) in [6.07, 6.45) is -5.42. The third kappa shape index (κ3) is 3.74. The van der Waals surface area contributed by atoms with Crippen LogP contribution in [0.25, 0.3) is 0 Å². The topological polar surface area (TPSA) is 36.9 Å². The number of halogens is 6. The highest BCUT2D eigenvalue weighted by molar-refractivity contribution is 7.81. The summed E-state index contributed by atoms with van der Waals surface area (Å²) in [5.41, 5.74) is -1.15. The standard InChI is InChI=1S/C20H17Cl2F4N3OS2/c1-3-27-18(31)17-9(2)11-7-29(8-14(11)32-17)15-6-19(30-28-15,20(24,25)26)10-4-12(21)16(23)13(22)5-10/h4-5H,3,6-8H2,1-2H3,(H,27,31). The molecule has 172 valence electrons. The van der Waals surface area contributed by atoms with E-state index in [1.54, 1.807) is 4.90 Å². The SMILES string of the molecule is CCNC(=S)c1sc2c(c1C)CN(C1=NOC(c3cc(Cl)c(F)c(Cl)c3)(C(F)(F)F)C1)C2. The van der Waals surface area contributed by atoms with Crippen molar-refractivity contribution in [2.45, 2.75) is 45.1 Å². The summed E-state index contributed by atoms with van der Waals surface area (Å²) in [6, 6.07) is 1.77. The fourth-order valence-corrected chi connectivity index (χ4v) is 6.01. The molecule has 32 heavy (non-hydrogen) atoms. The number of amidine groups is 1. The predicted octanol–water partition coefficient (Wildman–Crippen LogP) is 6.29. The second-order valence-electron chi connectivity index (χ2n) is 7.53. The molecule has 0 fully saturated rings. The van der Waals surface area contributed by atoms with Crippen LogP contribution >= 0.6 is 46.8 Å². The van der Waals surface area contributed by atoms with Gasteiger partial charge in [-0.25, -0.2) is 4.39 Å². The Kier molecular flexibility index (Phi) is 6.11. The Labute approximate surface area is 201 Å². The average Bonchev–Trinajstić information content (AvgIpc) is 3.40. The van der Waals surface area contributed by atoms with Gasteiger partial charge in [-0.1, -0.05) is 40.6 Å². The van der Waals surface area contributed by atoms with Gasteiger partial charge in [0.1, 0.15) is 10.8 Å². The summed E-state index contributed by atoms with van der Waals surface area (Å²) >= 11 is 18.4. The van der Waals surface area contributed by atoms with Crippen molar-refractivity contribution in [2.24, 2.45) is 5.16 Å². The summed E-state index contributed by atoms with van der Waals surface area (Å²) in [7, 11) is 0. The van der Waals surface area contributed by atoms with E-state index in [1.165, 1.54) is 11.3 Å². The molecule has 1 unspecified atom stereocenters. The highest BCUT2D eigenvalue weighted by atomic mass is 35.5. The number of rotatable bonds is 3. The van der Waals surface area contributed by atoms with Gasteiger partial charge in [-0.3, -0.25) is 0 Å². The number of thiocarbonyl (C=S) groups is 1. The zero-order chi connectivity index (χ0) is 23.4. The Balaban J connectivity index is 1.60. The van der Waals surface area contributed by atoms with E-state index in [2.05, 4.69) is 10.5 Å². The first-order valence-corrected chi connectivity index (χ1v) is 11.6. The molecular weight excluding hydrogens is 509 g/mol. The third-order valence-corrected chi connectivity index (χ3v) is 7.93. The minimum Gasteiger partial charge on any atom is -0.375 e. The van der Waals surface area contributed by atoms with Gasteiger partial charge >= 0.3 is 6.18 Å². The van der Waals surface area contributed by atoms with Gasteiger partial charge in [0.25, 0.3) is 5.60 Å². The maximum Gasteiger partial charge on any atom is 0.435 e. The molecule has 1 N–H and O–H groups in total. The summed E-state index contributed by atoms with van der Waals surface area (Å²) in [4.78, 5) is 9.42. The lowest BCUT2D eigenvalue weighted by Gasteiger charge is -2.30. The maximum absolute atomic E-state index is 14.2. The van der Waals surface area contributed by atoms with E-state index in [4.69, 9.17) is 40.3 Å². The van der Waals surface area contributed by atoms with Crippen LogP contribution in [-0.2, 0) is 23.5 Å². The Bertz CT molecular complexity index is 1110. The van der Waals surface area contributed by atoms with Gasteiger partial charge in [-0.05, 0) is 37.1 Å². The van der Waals surface area contributed by atoms with E-state index in [0.29, 0.717) is 24.6 Å². The lowest BCUT2D eigenvalue weighted by Crippen LogP contribution is -2.44. The van der Waals surface area contributed by atoms with E-state index >= 15 is 0 Å². The first kappa shape index (κ1) is 23.5. The van der Waals surface area contributed by atoms with Crippen LogP contribution in [0.15, 0.2) is 17.3 Å². The smallest absolute Gasteiger partial charge is 0.375 e. The van der Waals surface area contributed by atoms with Gasteiger partial charge in [0, 0.05) is 23.5 Å².